The number of aromatic nitrogens is 2. The van der Waals surface area contributed by atoms with E-state index >= 15 is 0 Å². The van der Waals surface area contributed by atoms with Crippen LogP contribution in [0.4, 0.5) is 0 Å². The number of allylic oxidation sites excluding steroid dienone is 2. The molecule has 2 fully saturated rings. The van der Waals surface area contributed by atoms with Crippen molar-refractivity contribution in [1.29, 1.82) is 0 Å². The van der Waals surface area contributed by atoms with Crippen LogP contribution in [0.15, 0.2) is 28.9 Å². The maximum Gasteiger partial charge on any atom is 0.281 e. The molecule has 3 atom stereocenters. The van der Waals surface area contributed by atoms with Gasteiger partial charge in [0.1, 0.15) is 0 Å². The van der Waals surface area contributed by atoms with Gasteiger partial charge >= 0.3 is 0 Å². The molecule has 8 heteroatoms. The van der Waals surface area contributed by atoms with E-state index in [1.54, 1.807) is 13.3 Å². The summed E-state index contributed by atoms with van der Waals surface area (Å²) in [5, 5.41) is 4.56. The Kier molecular flexibility index (Phi) is 7.26. The van der Waals surface area contributed by atoms with Crippen molar-refractivity contribution in [2.75, 3.05) is 33.4 Å². The normalized spacial score (nSPS) is 26.6. The average Bonchev–Trinajstić information content (AvgIpc) is 3.25. The summed E-state index contributed by atoms with van der Waals surface area (Å²) in [6.07, 6.45) is 11.4. The number of amides is 2. The molecule has 1 unspecified atom stereocenters. The van der Waals surface area contributed by atoms with Gasteiger partial charge in [0.25, 0.3) is 5.91 Å². The van der Waals surface area contributed by atoms with Crippen molar-refractivity contribution in [3.8, 4) is 0 Å². The Bertz CT molecular complexity index is 1110. The standard InChI is InChI=1S/C28H39N5O3/c1-18-12-25-23(26-24(27(34)30-25)14-29-33(26)17-21-8-7-9-21)13-22(18)28(35)32-16-19(2)31(15-20(32)3)10-5-6-11-36-4/h12-14,19-22H,5-11,15-17H2,1-4H3/t19-,20+,22?/m1/s1. The second-order valence-electron chi connectivity index (χ2n) is 11.0. The van der Waals surface area contributed by atoms with Crippen LogP contribution in [0.3, 0.4) is 0 Å². The van der Waals surface area contributed by atoms with Crippen molar-refractivity contribution in [1.82, 2.24) is 19.6 Å². The number of carbonyl (C=O) groups is 2. The number of unbranched alkanes of at least 4 members (excludes halogenated alkanes) is 1. The average molecular weight is 494 g/mol. The lowest BCUT2D eigenvalue weighted by molar-refractivity contribution is -0.139. The number of ether oxygens (including phenoxy) is 1. The monoisotopic (exact) mass is 493 g/mol. The summed E-state index contributed by atoms with van der Waals surface area (Å²) in [5.74, 6) is 0.153. The van der Waals surface area contributed by atoms with E-state index in [1.165, 1.54) is 19.3 Å². The second-order valence-corrected chi connectivity index (χ2v) is 11.0. The van der Waals surface area contributed by atoms with E-state index in [-0.39, 0.29) is 23.8 Å². The smallest absolute Gasteiger partial charge is 0.281 e. The van der Waals surface area contributed by atoms with E-state index in [9.17, 15) is 9.59 Å². The van der Waals surface area contributed by atoms with Gasteiger partial charge in [-0.2, -0.15) is 5.10 Å². The molecule has 0 spiro atoms. The number of hydrogen-bond acceptors (Lipinski definition) is 5. The lowest BCUT2D eigenvalue weighted by Crippen LogP contribution is -2.59. The van der Waals surface area contributed by atoms with Crippen LogP contribution in [-0.2, 0) is 16.1 Å². The molecule has 8 nitrogen and oxygen atoms in total. The molecule has 0 aromatic carbocycles. The summed E-state index contributed by atoms with van der Waals surface area (Å²) in [7, 11) is 1.75. The summed E-state index contributed by atoms with van der Waals surface area (Å²) in [6, 6.07) is 0.457. The molecule has 0 radical (unpaired) electrons. The van der Waals surface area contributed by atoms with E-state index in [4.69, 9.17) is 4.74 Å². The Morgan fingerprint density at radius 3 is 2.69 bits per heavy atom. The van der Waals surface area contributed by atoms with Crippen molar-refractivity contribution >= 4 is 23.1 Å². The molecule has 1 aromatic rings. The first kappa shape index (κ1) is 25.1. The summed E-state index contributed by atoms with van der Waals surface area (Å²) in [6.45, 7) is 10.6. The van der Waals surface area contributed by atoms with Crippen LogP contribution in [0.5, 0.6) is 0 Å². The van der Waals surface area contributed by atoms with Crippen LogP contribution in [0.1, 0.15) is 68.9 Å². The van der Waals surface area contributed by atoms with E-state index in [2.05, 4.69) is 33.7 Å². The lowest BCUT2D eigenvalue weighted by atomic mass is 9.83. The van der Waals surface area contributed by atoms with Crippen LogP contribution < -0.4 is 0 Å². The number of nitrogens with zero attached hydrogens (tertiary/aromatic N) is 5. The van der Waals surface area contributed by atoms with Gasteiger partial charge in [0, 0.05) is 51.0 Å². The zero-order valence-electron chi connectivity index (χ0n) is 22.1. The first-order chi connectivity index (χ1) is 17.4. The van der Waals surface area contributed by atoms with Gasteiger partial charge in [-0.3, -0.25) is 19.2 Å². The quantitative estimate of drug-likeness (QED) is 0.517. The molecule has 1 saturated carbocycles. The third kappa shape index (κ3) is 4.73. The number of hydrogen-bond donors (Lipinski definition) is 0. The molecule has 2 amide bonds. The minimum absolute atomic E-state index is 0.136. The molecule has 5 rings (SSSR count). The minimum Gasteiger partial charge on any atom is -0.385 e. The van der Waals surface area contributed by atoms with Crippen molar-refractivity contribution in [2.45, 2.75) is 71.5 Å². The minimum atomic E-state index is -0.352. The Morgan fingerprint density at radius 2 is 1.97 bits per heavy atom. The predicted molar refractivity (Wildman–Crippen MR) is 140 cm³/mol. The first-order valence-corrected chi connectivity index (χ1v) is 13.5. The molecular formula is C28H39N5O3. The Balaban J connectivity index is 1.35. The van der Waals surface area contributed by atoms with E-state index in [1.807, 2.05) is 23.8 Å². The summed E-state index contributed by atoms with van der Waals surface area (Å²) in [4.78, 5) is 35.5. The van der Waals surface area contributed by atoms with Gasteiger partial charge in [0.2, 0.25) is 5.91 Å². The highest BCUT2D eigenvalue weighted by atomic mass is 16.5. The maximum absolute atomic E-state index is 13.9. The fourth-order valence-corrected chi connectivity index (χ4v) is 5.94. The fraction of sp³-hybridized carbons (Fsp3) is 0.643. The Labute approximate surface area is 214 Å². The second kappa shape index (κ2) is 10.4. The molecular weight excluding hydrogens is 454 g/mol. The highest BCUT2D eigenvalue weighted by Gasteiger charge is 2.38. The molecule has 4 aliphatic rings. The number of rotatable bonds is 8. The molecule has 0 bridgehead atoms. The van der Waals surface area contributed by atoms with Crippen LogP contribution >= 0.6 is 0 Å². The molecule has 36 heavy (non-hydrogen) atoms. The van der Waals surface area contributed by atoms with Gasteiger partial charge in [-0.15, -0.1) is 0 Å². The summed E-state index contributed by atoms with van der Waals surface area (Å²) >= 11 is 0. The van der Waals surface area contributed by atoms with Crippen molar-refractivity contribution < 1.29 is 14.3 Å². The zero-order chi connectivity index (χ0) is 25.4. The predicted octanol–water partition coefficient (Wildman–Crippen LogP) is 3.59. The third-order valence-corrected chi connectivity index (χ3v) is 8.38. The highest BCUT2D eigenvalue weighted by Crippen LogP contribution is 2.36. The van der Waals surface area contributed by atoms with Crippen molar-refractivity contribution in [2.24, 2.45) is 16.8 Å². The Morgan fingerprint density at radius 1 is 1.17 bits per heavy atom. The van der Waals surface area contributed by atoms with Crippen molar-refractivity contribution in [3.63, 3.8) is 0 Å². The number of carbonyl (C=O) groups excluding carboxylic acids is 2. The highest BCUT2D eigenvalue weighted by molar-refractivity contribution is 6.36. The number of methoxy groups -OCH3 is 1. The van der Waals surface area contributed by atoms with E-state index in [0.717, 1.165) is 62.5 Å². The molecule has 2 aliphatic heterocycles. The molecule has 3 heterocycles. The zero-order valence-corrected chi connectivity index (χ0v) is 22.1. The summed E-state index contributed by atoms with van der Waals surface area (Å²) in [5.41, 5.74) is 3.86. The van der Waals surface area contributed by atoms with Crippen LogP contribution in [0.2, 0.25) is 0 Å². The largest absolute Gasteiger partial charge is 0.385 e. The van der Waals surface area contributed by atoms with E-state index in [0.29, 0.717) is 23.2 Å². The fourth-order valence-electron chi connectivity index (χ4n) is 5.94. The van der Waals surface area contributed by atoms with Crippen molar-refractivity contribution in [3.05, 3.63) is 35.2 Å². The summed E-state index contributed by atoms with van der Waals surface area (Å²) < 4.78 is 7.16. The van der Waals surface area contributed by atoms with Crippen LogP contribution in [-0.4, -0.2) is 82.5 Å². The van der Waals surface area contributed by atoms with Crippen LogP contribution in [0.25, 0.3) is 5.57 Å². The molecule has 1 aromatic heterocycles. The first-order valence-electron chi connectivity index (χ1n) is 13.5. The SMILES string of the molecule is COCCCCN1C[C@H](C)N(C(=O)C2C=C3C(=NC(=O)c4cnn(CC5CCC5)c43)C=C2C)C[C@H]1C. The van der Waals surface area contributed by atoms with Gasteiger partial charge in [-0.05, 0) is 65.0 Å². The van der Waals surface area contributed by atoms with Gasteiger partial charge < -0.3 is 9.64 Å². The topological polar surface area (TPSA) is 80.0 Å². The Hall–Kier alpha value is -2.58. The molecule has 194 valence electrons. The van der Waals surface area contributed by atoms with E-state index < -0.39 is 0 Å². The maximum atomic E-state index is 13.9. The number of aliphatic imine (C=N–C) groups is 1. The number of piperazine rings is 1. The van der Waals surface area contributed by atoms with Gasteiger partial charge in [-0.25, -0.2) is 4.99 Å². The molecule has 1 saturated heterocycles. The van der Waals surface area contributed by atoms with Crippen LogP contribution in [0, 0.1) is 11.8 Å². The lowest BCUT2D eigenvalue weighted by Gasteiger charge is -2.45. The third-order valence-electron chi connectivity index (χ3n) is 8.38. The molecule has 2 aliphatic carbocycles. The molecule has 0 N–H and O–H groups in total. The van der Waals surface area contributed by atoms with Gasteiger partial charge in [0.15, 0.2) is 0 Å². The number of fused-ring (bicyclic) bond motifs is 3. The van der Waals surface area contributed by atoms with Gasteiger partial charge in [0.05, 0.1) is 29.1 Å². The van der Waals surface area contributed by atoms with Gasteiger partial charge in [-0.1, -0.05) is 18.1 Å².